The average Bonchev–Trinajstić information content (AvgIpc) is 2.74. The van der Waals surface area contributed by atoms with Crippen molar-refractivity contribution in [2.75, 3.05) is 50.5 Å². The van der Waals surface area contributed by atoms with Crippen LogP contribution >= 0.6 is 0 Å². The molecule has 1 N–H and O–H groups in total. The van der Waals surface area contributed by atoms with E-state index in [-0.39, 0.29) is 12.3 Å². The van der Waals surface area contributed by atoms with Crippen molar-refractivity contribution in [2.45, 2.75) is 0 Å². The number of amides is 1. The van der Waals surface area contributed by atoms with E-state index in [2.05, 4.69) is 10.2 Å². The summed E-state index contributed by atoms with van der Waals surface area (Å²) in [5, 5.41) is 2.27. The number of rotatable bonds is 7. The summed E-state index contributed by atoms with van der Waals surface area (Å²) in [5.41, 5.74) is 0.259. The van der Waals surface area contributed by atoms with E-state index in [1.54, 1.807) is 7.11 Å². The maximum atomic E-state index is 13.6. The van der Waals surface area contributed by atoms with E-state index >= 15 is 0 Å². The van der Waals surface area contributed by atoms with Gasteiger partial charge < -0.3 is 15.0 Å². The Hall–Kier alpha value is -2.72. The van der Waals surface area contributed by atoms with Crippen LogP contribution in [0.15, 0.2) is 42.5 Å². The van der Waals surface area contributed by atoms with Crippen LogP contribution in [0, 0.1) is 11.6 Å². The standard InChI is InChI=1S/C20H23F2N3O4S/c1-29-16-7-5-15(6-8-16)24-10-12-25(13-11-24)30(27,28)14-9-23-20(26)19-17(21)3-2-4-18(19)22/h2-8H,9-14H2,1H3,(H,23,26). The van der Waals surface area contributed by atoms with Crippen LogP contribution in [-0.4, -0.2) is 64.2 Å². The number of carbonyl (C=O) groups excluding carboxylic acids is 1. The lowest BCUT2D eigenvalue weighted by atomic mass is 10.2. The van der Waals surface area contributed by atoms with Gasteiger partial charge >= 0.3 is 0 Å². The second kappa shape index (κ2) is 9.40. The van der Waals surface area contributed by atoms with E-state index < -0.39 is 33.1 Å². The molecule has 0 saturated carbocycles. The quantitative estimate of drug-likeness (QED) is 0.713. The minimum absolute atomic E-state index is 0.242. The van der Waals surface area contributed by atoms with Crippen molar-refractivity contribution in [1.82, 2.24) is 9.62 Å². The van der Waals surface area contributed by atoms with Crippen molar-refractivity contribution in [3.63, 3.8) is 0 Å². The van der Waals surface area contributed by atoms with Crippen LogP contribution in [0.3, 0.4) is 0 Å². The van der Waals surface area contributed by atoms with Gasteiger partial charge in [0.1, 0.15) is 22.9 Å². The third-order valence-corrected chi connectivity index (χ3v) is 6.78. The number of hydrogen-bond donors (Lipinski definition) is 1. The fraction of sp³-hybridized carbons (Fsp3) is 0.350. The molecule has 0 bridgehead atoms. The molecule has 3 rings (SSSR count). The highest BCUT2D eigenvalue weighted by atomic mass is 32.2. The second-order valence-electron chi connectivity index (χ2n) is 6.75. The first-order valence-corrected chi connectivity index (χ1v) is 11.0. The third kappa shape index (κ3) is 5.06. The Morgan fingerprint density at radius 1 is 1.03 bits per heavy atom. The van der Waals surface area contributed by atoms with Crippen LogP contribution in [0.2, 0.25) is 0 Å². The van der Waals surface area contributed by atoms with E-state index in [1.165, 1.54) is 4.31 Å². The fourth-order valence-corrected chi connectivity index (χ4v) is 4.58. The number of carbonyl (C=O) groups is 1. The number of methoxy groups -OCH3 is 1. The fourth-order valence-electron chi connectivity index (χ4n) is 3.24. The molecule has 0 atom stereocenters. The number of halogens is 2. The Balaban J connectivity index is 1.51. The Labute approximate surface area is 174 Å². The zero-order valence-corrected chi connectivity index (χ0v) is 17.3. The summed E-state index contributed by atoms with van der Waals surface area (Å²) < 4.78 is 58.9. The van der Waals surface area contributed by atoms with Gasteiger partial charge in [-0.3, -0.25) is 4.79 Å². The van der Waals surface area contributed by atoms with Crippen LogP contribution in [0.1, 0.15) is 10.4 Å². The molecule has 7 nitrogen and oxygen atoms in total. The first-order valence-electron chi connectivity index (χ1n) is 9.41. The number of nitrogens with zero attached hydrogens (tertiary/aromatic N) is 2. The number of anilines is 1. The molecule has 162 valence electrons. The van der Waals surface area contributed by atoms with E-state index in [1.807, 2.05) is 24.3 Å². The van der Waals surface area contributed by atoms with Crippen molar-refractivity contribution < 1.29 is 26.7 Å². The number of benzene rings is 2. The van der Waals surface area contributed by atoms with Crippen molar-refractivity contribution >= 4 is 21.6 Å². The summed E-state index contributed by atoms with van der Waals surface area (Å²) in [4.78, 5) is 14.1. The lowest BCUT2D eigenvalue weighted by Gasteiger charge is -2.35. The second-order valence-corrected chi connectivity index (χ2v) is 8.84. The molecule has 0 radical (unpaired) electrons. The predicted octanol–water partition coefficient (Wildman–Crippen LogP) is 1.86. The average molecular weight is 439 g/mol. The van der Waals surface area contributed by atoms with Gasteiger partial charge in [0.2, 0.25) is 10.0 Å². The molecule has 1 saturated heterocycles. The highest BCUT2D eigenvalue weighted by Crippen LogP contribution is 2.21. The molecule has 1 aliphatic rings. The first kappa shape index (κ1) is 22.0. The molecule has 0 aliphatic carbocycles. The molecule has 1 fully saturated rings. The Bertz CT molecular complexity index is 971. The SMILES string of the molecule is COc1ccc(N2CCN(S(=O)(=O)CCNC(=O)c3c(F)cccc3F)CC2)cc1. The van der Waals surface area contributed by atoms with Gasteiger partial charge in [-0.1, -0.05) is 6.07 Å². The van der Waals surface area contributed by atoms with E-state index in [0.29, 0.717) is 26.2 Å². The highest BCUT2D eigenvalue weighted by Gasteiger charge is 2.27. The minimum Gasteiger partial charge on any atom is -0.497 e. The summed E-state index contributed by atoms with van der Waals surface area (Å²) in [6.45, 7) is 1.43. The largest absolute Gasteiger partial charge is 0.497 e. The lowest BCUT2D eigenvalue weighted by Crippen LogP contribution is -2.50. The van der Waals surface area contributed by atoms with Crippen LogP contribution in [0.4, 0.5) is 14.5 Å². The Morgan fingerprint density at radius 3 is 2.20 bits per heavy atom. The van der Waals surface area contributed by atoms with Crippen molar-refractivity contribution in [2.24, 2.45) is 0 Å². The minimum atomic E-state index is -3.61. The smallest absolute Gasteiger partial charge is 0.257 e. The number of piperazine rings is 1. The van der Waals surface area contributed by atoms with E-state index in [0.717, 1.165) is 29.6 Å². The zero-order valence-electron chi connectivity index (χ0n) is 16.5. The van der Waals surface area contributed by atoms with Crippen molar-refractivity contribution in [3.05, 3.63) is 59.7 Å². The van der Waals surface area contributed by atoms with E-state index in [4.69, 9.17) is 4.74 Å². The monoisotopic (exact) mass is 439 g/mol. The van der Waals surface area contributed by atoms with Crippen LogP contribution in [-0.2, 0) is 10.0 Å². The topological polar surface area (TPSA) is 79.0 Å². The summed E-state index contributed by atoms with van der Waals surface area (Å²) in [6, 6.07) is 10.6. The van der Waals surface area contributed by atoms with Gasteiger partial charge in [-0.05, 0) is 36.4 Å². The maximum Gasteiger partial charge on any atom is 0.257 e. The molecule has 2 aromatic carbocycles. The normalized spacial score (nSPS) is 15.1. The molecule has 1 aliphatic heterocycles. The summed E-state index contributed by atoms with van der Waals surface area (Å²) in [5.74, 6) is -2.57. The molecule has 0 unspecified atom stereocenters. The van der Waals surface area contributed by atoms with Gasteiger partial charge in [0, 0.05) is 38.4 Å². The molecule has 1 heterocycles. The molecule has 1 amide bonds. The Kier molecular flexibility index (Phi) is 6.88. The van der Waals surface area contributed by atoms with Crippen LogP contribution in [0.25, 0.3) is 0 Å². The van der Waals surface area contributed by atoms with Gasteiger partial charge in [0.25, 0.3) is 5.91 Å². The van der Waals surface area contributed by atoms with Gasteiger partial charge in [0.15, 0.2) is 0 Å². The Morgan fingerprint density at radius 2 is 1.63 bits per heavy atom. The zero-order chi connectivity index (χ0) is 21.7. The van der Waals surface area contributed by atoms with Gasteiger partial charge in [-0.15, -0.1) is 0 Å². The highest BCUT2D eigenvalue weighted by molar-refractivity contribution is 7.89. The van der Waals surface area contributed by atoms with Crippen LogP contribution < -0.4 is 15.0 Å². The first-order chi connectivity index (χ1) is 14.3. The molecule has 30 heavy (non-hydrogen) atoms. The molecular weight excluding hydrogens is 416 g/mol. The third-order valence-electron chi connectivity index (χ3n) is 4.90. The molecular formula is C20H23F2N3O4S. The molecule has 0 aromatic heterocycles. The number of sulfonamides is 1. The molecule has 0 spiro atoms. The molecule has 2 aromatic rings. The number of hydrogen-bond acceptors (Lipinski definition) is 5. The number of nitrogens with one attached hydrogen (secondary N) is 1. The van der Waals surface area contributed by atoms with E-state index in [9.17, 15) is 22.0 Å². The summed E-state index contributed by atoms with van der Waals surface area (Å²) >= 11 is 0. The van der Waals surface area contributed by atoms with Gasteiger partial charge in [-0.2, -0.15) is 4.31 Å². The van der Waals surface area contributed by atoms with Crippen molar-refractivity contribution in [1.29, 1.82) is 0 Å². The predicted molar refractivity (Wildman–Crippen MR) is 109 cm³/mol. The lowest BCUT2D eigenvalue weighted by molar-refractivity contribution is 0.0947. The van der Waals surface area contributed by atoms with Gasteiger partial charge in [-0.25, -0.2) is 17.2 Å². The van der Waals surface area contributed by atoms with Crippen molar-refractivity contribution in [3.8, 4) is 5.75 Å². The molecule has 10 heteroatoms. The summed E-state index contributed by atoms with van der Waals surface area (Å²) in [6.07, 6.45) is 0. The van der Waals surface area contributed by atoms with Gasteiger partial charge in [0.05, 0.1) is 12.9 Å². The summed E-state index contributed by atoms with van der Waals surface area (Å²) in [7, 11) is -2.02. The number of ether oxygens (including phenoxy) is 1. The van der Waals surface area contributed by atoms with Crippen LogP contribution in [0.5, 0.6) is 5.75 Å². The maximum absolute atomic E-state index is 13.6.